The zero-order chi connectivity index (χ0) is 22.4. The van der Waals surface area contributed by atoms with Crippen molar-refractivity contribution in [2.75, 3.05) is 13.2 Å². The van der Waals surface area contributed by atoms with E-state index in [0.717, 1.165) is 12.8 Å². The van der Waals surface area contributed by atoms with E-state index in [1.807, 2.05) is 13.8 Å². The van der Waals surface area contributed by atoms with Crippen LogP contribution in [0.5, 0.6) is 11.5 Å². The minimum atomic E-state index is -0.953. The quantitative estimate of drug-likeness (QED) is 0.463. The van der Waals surface area contributed by atoms with Gasteiger partial charge in [-0.05, 0) is 57.9 Å². The summed E-state index contributed by atoms with van der Waals surface area (Å²) in [6, 6.07) is 11.5. The molecule has 1 saturated carbocycles. The maximum atomic E-state index is 13.2. The molecule has 1 aliphatic rings. The van der Waals surface area contributed by atoms with Gasteiger partial charge >= 0.3 is 5.97 Å². The maximum absolute atomic E-state index is 13.2. The number of nitrogens with one attached hydrogen (secondary N) is 1. The Labute approximate surface area is 181 Å². The van der Waals surface area contributed by atoms with Gasteiger partial charge in [-0.25, -0.2) is 4.79 Å². The number of ketones is 1. The second-order valence-corrected chi connectivity index (χ2v) is 7.23. The van der Waals surface area contributed by atoms with Crippen LogP contribution >= 0.6 is 0 Å². The van der Waals surface area contributed by atoms with Crippen molar-refractivity contribution in [3.63, 3.8) is 0 Å². The molecule has 3 rings (SSSR count). The number of carbonyl (C=O) groups is 3. The van der Waals surface area contributed by atoms with Crippen LogP contribution in [0.2, 0.25) is 0 Å². The van der Waals surface area contributed by atoms with Crippen LogP contribution < -0.4 is 14.8 Å². The standard InChI is InChI=1S/C24H27NO6/c1-4-29-20-13-10-16(14-21(20)30-5-2)22(26)18-8-6-7-9-19(18)24(28)31-15(3)23(27)25-17-11-12-17/h6-10,13-15,17H,4-5,11-12H2,1-3H3,(H,25,27)/t15-/m0/s1. The molecule has 1 aliphatic carbocycles. The number of esters is 1. The van der Waals surface area contributed by atoms with Gasteiger partial charge in [0, 0.05) is 17.2 Å². The Morgan fingerprint density at radius 2 is 1.61 bits per heavy atom. The van der Waals surface area contributed by atoms with E-state index in [0.29, 0.717) is 30.3 Å². The number of benzene rings is 2. The fourth-order valence-electron chi connectivity index (χ4n) is 3.03. The molecule has 0 aliphatic heterocycles. The summed E-state index contributed by atoms with van der Waals surface area (Å²) in [6.45, 7) is 6.11. The van der Waals surface area contributed by atoms with Crippen LogP contribution in [-0.2, 0) is 9.53 Å². The lowest BCUT2D eigenvalue weighted by Crippen LogP contribution is -2.37. The molecule has 7 nitrogen and oxygen atoms in total. The lowest BCUT2D eigenvalue weighted by Gasteiger charge is -2.15. The van der Waals surface area contributed by atoms with Crippen molar-refractivity contribution in [2.24, 2.45) is 0 Å². The third-order valence-corrected chi connectivity index (χ3v) is 4.77. The maximum Gasteiger partial charge on any atom is 0.339 e. The molecule has 7 heteroatoms. The molecule has 0 radical (unpaired) electrons. The first-order valence-electron chi connectivity index (χ1n) is 10.5. The summed E-state index contributed by atoms with van der Waals surface area (Å²) in [4.78, 5) is 38.0. The molecule has 0 unspecified atom stereocenters. The van der Waals surface area contributed by atoms with Crippen molar-refractivity contribution in [1.29, 1.82) is 0 Å². The lowest BCUT2D eigenvalue weighted by molar-refractivity contribution is -0.129. The van der Waals surface area contributed by atoms with Crippen LogP contribution in [0.3, 0.4) is 0 Å². The Morgan fingerprint density at radius 1 is 0.968 bits per heavy atom. The highest BCUT2D eigenvalue weighted by molar-refractivity contribution is 6.14. The Kier molecular flexibility index (Phi) is 7.28. The summed E-state index contributed by atoms with van der Waals surface area (Å²) in [5.74, 6) is -0.415. The van der Waals surface area contributed by atoms with Crippen molar-refractivity contribution in [2.45, 2.75) is 45.8 Å². The molecule has 31 heavy (non-hydrogen) atoms. The normalized spacial score (nSPS) is 13.8. The number of carbonyl (C=O) groups excluding carboxylic acids is 3. The summed E-state index contributed by atoms with van der Waals surface area (Å²) >= 11 is 0. The lowest BCUT2D eigenvalue weighted by atomic mass is 9.98. The van der Waals surface area contributed by atoms with E-state index in [1.54, 1.807) is 36.4 Å². The van der Waals surface area contributed by atoms with Crippen molar-refractivity contribution in [3.8, 4) is 11.5 Å². The highest BCUT2D eigenvalue weighted by Gasteiger charge is 2.28. The SMILES string of the molecule is CCOc1ccc(C(=O)c2ccccc2C(=O)O[C@@H](C)C(=O)NC2CC2)cc1OCC. The van der Waals surface area contributed by atoms with E-state index in [9.17, 15) is 14.4 Å². The van der Waals surface area contributed by atoms with Gasteiger partial charge in [0.15, 0.2) is 23.4 Å². The molecule has 1 amide bonds. The van der Waals surface area contributed by atoms with Gasteiger partial charge < -0.3 is 19.5 Å². The molecule has 1 fully saturated rings. The van der Waals surface area contributed by atoms with E-state index >= 15 is 0 Å². The molecule has 1 atom stereocenters. The van der Waals surface area contributed by atoms with E-state index in [1.165, 1.54) is 13.0 Å². The molecule has 1 N–H and O–H groups in total. The first kappa shape index (κ1) is 22.3. The van der Waals surface area contributed by atoms with Crippen LogP contribution in [0, 0.1) is 0 Å². The number of hydrogen-bond acceptors (Lipinski definition) is 6. The van der Waals surface area contributed by atoms with Crippen molar-refractivity contribution >= 4 is 17.7 Å². The molecule has 0 bridgehead atoms. The Morgan fingerprint density at radius 3 is 2.26 bits per heavy atom. The smallest absolute Gasteiger partial charge is 0.339 e. The van der Waals surface area contributed by atoms with Crippen molar-refractivity contribution in [1.82, 2.24) is 5.32 Å². The summed E-state index contributed by atoms with van der Waals surface area (Å²) < 4.78 is 16.5. The van der Waals surface area contributed by atoms with E-state index < -0.39 is 12.1 Å². The van der Waals surface area contributed by atoms with E-state index in [-0.39, 0.29) is 28.9 Å². The summed E-state index contributed by atoms with van der Waals surface area (Å²) in [7, 11) is 0. The number of hydrogen-bond donors (Lipinski definition) is 1. The van der Waals surface area contributed by atoms with Crippen LogP contribution in [0.1, 0.15) is 59.9 Å². The minimum Gasteiger partial charge on any atom is -0.490 e. The molecule has 2 aromatic carbocycles. The molecule has 0 heterocycles. The molecule has 2 aromatic rings. The number of rotatable bonds is 10. The van der Waals surface area contributed by atoms with Gasteiger partial charge in [0.25, 0.3) is 5.91 Å². The molecular weight excluding hydrogens is 398 g/mol. The predicted molar refractivity (Wildman–Crippen MR) is 115 cm³/mol. The third-order valence-electron chi connectivity index (χ3n) is 4.77. The summed E-state index contributed by atoms with van der Waals surface area (Å²) in [5.41, 5.74) is 0.644. The van der Waals surface area contributed by atoms with E-state index in [4.69, 9.17) is 14.2 Å². The fraction of sp³-hybridized carbons (Fsp3) is 0.375. The molecule has 0 saturated heterocycles. The van der Waals surface area contributed by atoms with Gasteiger partial charge in [-0.15, -0.1) is 0 Å². The summed E-state index contributed by atoms with van der Waals surface area (Å²) in [6.07, 6.45) is 0.928. The Hall–Kier alpha value is -3.35. The zero-order valence-electron chi connectivity index (χ0n) is 18.0. The second-order valence-electron chi connectivity index (χ2n) is 7.23. The second kappa shape index (κ2) is 10.1. The monoisotopic (exact) mass is 425 g/mol. The average molecular weight is 425 g/mol. The molecular formula is C24H27NO6. The zero-order valence-corrected chi connectivity index (χ0v) is 18.0. The topological polar surface area (TPSA) is 90.9 Å². The van der Waals surface area contributed by atoms with Crippen LogP contribution in [-0.4, -0.2) is 43.0 Å². The average Bonchev–Trinajstić information content (AvgIpc) is 3.58. The molecule has 0 spiro atoms. The fourth-order valence-corrected chi connectivity index (χ4v) is 3.03. The van der Waals surface area contributed by atoms with Gasteiger partial charge in [-0.2, -0.15) is 0 Å². The largest absolute Gasteiger partial charge is 0.490 e. The first-order chi connectivity index (χ1) is 14.9. The highest BCUT2D eigenvalue weighted by Crippen LogP contribution is 2.30. The Bertz CT molecular complexity index is 966. The van der Waals surface area contributed by atoms with Crippen LogP contribution in [0.4, 0.5) is 0 Å². The van der Waals surface area contributed by atoms with Gasteiger partial charge in [-0.1, -0.05) is 18.2 Å². The number of ether oxygens (including phenoxy) is 3. The Balaban J connectivity index is 1.81. The van der Waals surface area contributed by atoms with Gasteiger partial charge in [-0.3, -0.25) is 9.59 Å². The van der Waals surface area contributed by atoms with Gasteiger partial charge in [0.2, 0.25) is 0 Å². The highest BCUT2D eigenvalue weighted by atomic mass is 16.5. The van der Waals surface area contributed by atoms with Gasteiger partial charge in [0.1, 0.15) is 0 Å². The minimum absolute atomic E-state index is 0.102. The third kappa shape index (κ3) is 5.63. The van der Waals surface area contributed by atoms with Crippen LogP contribution in [0.15, 0.2) is 42.5 Å². The van der Waals surface area contributed by atoms with Crippen molar-refractivity contribution < 1.29 is 28.6 Å². The van der Waals surface area contributed by atoms with Crippen LogP contribution in [0.25, 0.3) is 0 Å². The number of amides is 1. The molecule has 0 aromatic heterocycles. The first-order valence-corrected chi connectivity index (χ1v) is 10.5. The van der Waals surface area contributed by atoms with E-state index in [2.05, 4.69) is 5.32 Å². The van der Waals surface area contributed by atoms with Crippen molar-refractivity contribution in [3.05, 3.63) is 59.2 Å². The molecule has 164 valence electrons. The van der Waals surface area contributed by atoms with Gasteiger partial charge in [0.05, 0.1) is 18.8 Å². The summed E-state index contributed by atoms with van der Waals surface area (Å²) in [5, 5.41) is 2.80. The predicted octanol–water partition coefficient (Wildman–Crippen LogP) is 3.54.